The number of aliphatic carboxylic acids is 1. The first-order chi connectivity index (χ1) is 9.60. The van der Waals surface area contributed by atoms with Crippen LogP contribution < -0.4 is 4.74 Å². The number of carbonyl (C=O) groups is 1. The number of hydrogen-bond acceptors (Lipinski definition) is 3. The minimum Gasteiger partial charge on any atom is -0.497 e. The summed E-state index contributed by atoms with van der Waals surface area (Å²) in [5.74, 6) is 1.00. The van der Waals surface area contributed by atoms with Gasteiger partial charge in [-0.2, -0.15) is 0 Å². The second-order valence-electron chi connectivity index (χ2n) is 6.05. The van der Waals surface area contributed by atoms with Gasteiger partial charge in [0.1, 0.15) is 11.8 Å². The van der Waals surface area contributed by atoms with Gasteiger partial charge in [-0.1, -0.05) is 19.1 Å². The average Bonchev–Trinajstić information content (AvgIpc) is 2.37. The van der Waals surface area contributed by atoms with E-state index in [1.165, 1.54) is 0 Å². The Hall–Kier alpha value is -1.55. The van der Waals surface area contributed by atoms with Crippen LogP contribution in [0.2, 0.25) is 0 Å². The lowest BCUT2D eigenvalue weighted by molar-refractivity contribution is -0.160. The van der Waals surface area contributed by atoms with Crippen LogP contribution in [0.1, 0.15) is 25.3 Å². The van der Waals surface area contributed by atoms with E-state index in [2.05, 4.69) is 11.8 Å². The molecule has 4 heteroatoms. The van der Waals surface area contributed by atoms with E-state index in [0.717, 1.165) is 24.2 Å². The smallest absolute Gasteiger partial charge is 0.321 e. The number of carboxylic acids is 1. The highest BCUT2D eigenvalue weighted by Crippen LogP contribution is 2.46. The van der Waals surface area contributed by atoms with Crippen molar-refractivity contribution in [1.82, 2.24) is 4.90 Å². The summed E-state index contributed by atoms with van der Waals surface area (Å²) in [6.45, 7) is 2.79. The fourth-order valence-corrected chi connectivity index (χ4v) is 3.65. The van der Waals surface area contributed by atoms with Gasteiger partial charge < -0.3 is 9.84 Å². The van der Waals surface area contributed by atoms with Gasteiger partial charge in [0.2, 0.25) is 0 Å². The number of ether oxygens (including phenoxy) is 1. The van der Waals surface area contributed by atoms with E-state index in [1.807, 2.05) is 24.3 Å². The van der Waals surface area contributed by atoms with E-state index < -0.39 is 5.97 Å². The van der Waals surface area contributed by atoms with Crippen molar-refractivity contribution in [1.29, 1.82) is 0 Å². The Labute approximate surface area is 119 Å². The van der Waals surface area contributed by atoms with Crippen molar-refractivity contribution in [3.63, 3.8) is 0 Å². The Morgan fingerprint density at radius 3 is 2.55 bits per heavy atom. The van der Waals surface area contributed by atoms with Crippen LogP contribution >= 0.6 is 0 Å². The average molecular weight is 275 g/mol. The molecule has 0 amide bonds. The molecule has 1 aliphatic carbocycles. The molecule has 3 aliphatic rings. The van der Waals surface area contributed by atoms with E-state index in [-0.39, 0.29) is 12.0 Å². The van der Waals surface area contributed by atoms with Gasteiger partial charge in [-0.3, -0.25) is 9.69 Å². The molecule has 0 spiro atoms. The number of rotatable bonds is 4. The molecule has 2 unspecified atom stereocenters. The van der Waals surface area contributed by atoms with E-state index in [9.17, 15) is 9.90 Å². The molecule has 2 atom stereocenters. The van der Waals surface area contributed by atoms with Crippen LogP contribution in [0.25, 0.3) is 0 Å². The molecule has 2 bridgehead atoms. The quantitative estimate of drug-likeness (QED) is 0.916. The molecule has 0 radical (unpaired) electrons. The third-order valence-corrected chi connectivity index (χ3v) is 4.99. The summed E-state index contributed by atoms with van der Waals surface area (Å²) in [4.78, 5) is 13.7. The van der Waals surface area contributed by atoms with Crippen molar-refractivity contribution < 1.29 is 14.6 Å². The van der Waals surface area contributed by atoms with Gasteiger partial charge in [0.15, 0.2) is 0 Å². The maximum Gasteiger partial charge on any atom is 0.321 e. The molecule has 1 aromatic rings. The molecule has 2 saturated heterocycles. The van der Waals surface area contributed by atoms with Crippen LogP contribution in [0.5, 0.6) is 5.75 Å². The van der Waals surface area contributed by atoms with Crippen molar-refractivity contribution in [2.24, 2.45) is 11.8 Å². The molecular formula is C16H21NO3. The van der Waals surface area contributed by atoms with Crippen molar-refractivity contribution in [3.05, 3.63) is 29.8 Å². The maximum atomic E-state index is 11.6. The summed E-state index contributed by atoms with van der Waals surface area (Å²) in [5, 5.41) is 9.52. The minimum atomic E-state index is -0.680. The topological polar surface area (TPSA) is 49.8 Å². The van der Waals surface area contributed by atoms with E-state index >= 15 is 0 Å². The maximum absolute atomic E-state index is 11.6. The first kappa shape index (κ1) is 13.4. The molecule has 2 aliphatic heterocycles. The monoisotopic (exact) mass is 275 g/mol. The summed E-state index contributed by atoms with van der Waals surface area (Å²) in [6, 6.07) is 8.01. The van der Waals surface area contributed by atoms with E-state index in [4.69, 9.17) is 4.74 Å². The molecule has 4 nitrogen and oxygen atoms in total. The van der Waals surface area contributed by atoms with Crippen molar-refractivity contribution in [3.8, 4) is 5.75 Å². The van der Waals surface area contributed by atoms with Gasteiger partial charge in [0.05, 0.1) is 7.11 Å². The van der Waals surface area contributed by atoms with Crippen LogP contribution in [0.3, 0.4) is 0 Å². The normalized spacial score (nSPS) is 32.5. The number of fused-ring (bicyclic) bond motifs is 2. The summed E-state index contributed by atoms with van der Waals surface area (Å²) >= 11 is 0. The number of hydrogen-bond donors (Lipinski definition) is 1. The van der Waals surface area contributed by atoms with Crippen LogP contribution in [0.15, 0.2) is 24.3 Å². The van der Waals surface area contributed by atoms with Gasteiger partial charge in [-0.15, -0.1) is 0 Å². The second kappa shape index (κ2) is 5.09. The van der Waals surface area contributed by atoms with Crippen LogP contribution in [0, 0.1) is 11.8 Å². The number of benzene rings is 1. The molecule has 3 fully saturated rings. The summed E-state index contributed by atoms with van der Waals surface area (Å²) < 4.78 is 5.16. The number of piperidine rings is 2. The Kier molecular flexibility index (Phi) is 3.42. The molecule has 1 N–H and O–H groups in total. The first-order valence-corrected chi connectivity index (χ1v) is 7.21. The van der Waals surface area contributed by atoms with Crippen LogP contribution in [-0.4, -0.2) is 35.2 Å². The number of methoxy groups -OCH3 is 1. The Balaban J connectivity index is 1.78. The fourth-order valence-electron chi connectivity index (χ4n) is 3.65. The van der Waals surface area contributed by atoms with Crippen molar-refractivity contribution >= 4 is 5.97 Å². The SMILES string of the molecule is COc1ccc(CN2C3CC(C3)C(C)C2C(=O)O)cc1. The zero-order chi connectivity index (χ0) is 14.3. The highest BCUT2D eigenvalue weighted by atomic mass is 16.5. The molecule has 108 valence electrons. The lowest BCUT2D eigenvalue weighted by atomic mass is 9.64. The molecular weight excluding hydrogens is 254 g/mol. The predicted molar refractivity (Wildman–Crippen MR) is 75.6 cm³/mol. The predicted octanol–water partition coefficient (Wildman–Crippen LogP) is 2.38. The van der Waals surface area contributed by atoms with Crippen LogP contribution in [-0.2, 0) is 11.3 Å². The molecule has 20 heavy (non-hydrogen) atoms. The third-order valence-electron chi connectivity index (χ3n) is 4.99. The van der Waals surface area contributed by atoms with Crippen LogP contribution in [0.4, 0.5) is 0 Å². The fraction of sp³-hybridized carbons (Fsp3) is 0.562. The second-order valence-corrected chi connectivity index (χ2v) is 6.05. The Bertz CT molecular complexity index is 493. The first-order valence-electron chi connectivity index (χ1n) is 7.21. The molecule has 1 saturated carbocycles. The minimum absolute atomic E-state index is 0.246. The highest BCUT2D eigenvalue weighted by Gasteiger charge is 2.51. The summed E-state index contributed by atoms with van der Waals surface area (Å²) in [6.07, 6.45) is 2.31. The summed E-state index contributed by atoms with van der Waals surface area (Å²) in [5.41, 5.74) is 1.15. The van der Waals surface area contributed by atoms with Gasteiger partial charge >= 0.3 is 5.97 Å². The zero-order valence-electron chi connectivity index (χ0n) is 12.0. The Morgan fingerprint density at radius 2 is 2.00 bits per heavy atom. The van der Waals surface area contributed by atoms with Gasteiger partial charge in [0.25, 0.3) is 0 Å². The lowest BCUT2D eigenvalue weighted by Crippen LogP contribution is -2.63. The van der Waals surface area contributed by atoms with E-state index in [0.29, 0.717) is 18.5 Å². The third kappa shape index (κ3) is 2.18. The molecule has 2 heterocycles. The Morgan fingerprint density at radius 1 is 1.35 bits per heavy atom. The van der Waals surface area contributed by atoms with E-state index in [1.54, 1.807) is 7.11 Å². The van der Waals surface area contributed by atoms with Gasteiger partial charge in [-0.05, 0) is 42.4 Å². The standard InChI is InChI=1S/C16H21NO3/c1-10-12-7-13(8-12)17(15(10)16(18)19)9-11-3-5-14(20-2)6-4-11/h3-6,10,12-13,15H,7-9H2,1-2H3,(H,18,19). The molecule has 4 rings (SSSR count). The largest absolute Gasteiger partial charge is 0.497 e. The molecule has 1 aromatic carbocycles. The van der Waals surface area contributed by atoms with Crippen molar-refractivity contribution in [2.45, 2.75) is 38.4 Å². The number of nitrogens with zero attached hydrogens (tertiary/aromatic N) is 1. The molecule has 0 aromatic heterocycles. The van der Waals surface area contributed by atoms with Gasteiger partial charge in [-0.25, -0.2) is 0 Å². The zero-order valence-corrected chi connectivity index (χ0v) is 12.0. The number of carboxylic acid groups (broad SMARTS) is 1. The highest BCUT2D eigenvalue weighted by molar-refractivity contribution is 5.74. The van der Waals surface area contributed by atoms with Crippen molar-refractivity contribution in [2.75, 3.05) is 7.11 Å². The lowest BCUT2D eigenvalue weighted by Gasteiger charge is -2.56. The summed E-state index contributed by atoms with van der Waals surface area (Å²) in [7, 11) is 1.65. The van der Waals surface area contributed by atoms with Gasteiger partial charge in [0, 0.05) is 12.6 Å².